The van der Waals surface area contributed by atoms with E-state index in [1.165, 1.54) is 0 Å². The molecule has 118 valence electrons. The summed E-state index contributed by atoms with van der Waals surface area (Å²) in [6.45, 7) is 2.12. The van der Waals surface area contributed by atoms with Gasteiger partial charge in [0, 0.05) is 12.3 Å². The fourth-order valence-corrected chi connectivity index (χ4v) is 2.85. The summed E-state index contributed by atoms with van der Waals surface area (Å²) in [7, 11) is 0. The average Bonchev–Trinajstić information content (AvgIpc) is 3.07. The van der Waals surface area contributed by atoms with Gasteiger partial charge in [-0.1, -0.05) is 65.8 Å². The normalized spacial score (nSPS) is 16.8. The lowest BCUT2D eigenvalue weighted by atomic mass is 9.85. The molecule has 0 bridgehead atoms. The number of carbonyl (C=O) groups is 1. The molecule has 1 aliphatic rings. The zero-order valence-electron chi connectivity index (χ0n) is 13.0. The molecular formula is C19H19NO3. The molecule has 1 atom stereocenters. The summed E-state index contributed by atoms with van der Waals surface area (Å²) >= 11 is 0. The molecule has 0 saturated carbocycles. The zero-order chi connectivity index (χ0) is 16.1. The Bertz CT molecular complexity index is 643. The minimum absolute atomic E-state index is 0.0214. The van der Waals surface area contributed by atoms with Gasteiger partial charge in [0.1, 0.15) is 6.10 Å². The quantitative estimate of drug-likeness (QED) is 0.794. The van der Waals surface area contributed by atoms with Gasteiger partial charge in [0.15, 0.2) is 5.71 Å². The Morgan fingerprint density at radius 1 is 1.13 bits per heavy atom. The molecule has 0 aromatic heterocycles. The third-order valence-corrected chi connectivity index (χ3v) is 3.89. The Labute approximate surface area is 135 Å². The van der Waals surface area contributed by atoms with E-state index in [1.54, 1.807) is 6.92 Å². The van der Waals surface area contributed by atoms with Gasteiger partial charge in [0.25, 0.3) is 0 Å². The van der Waals surface area contributed by atoms with Crippen LogP contribution in [0.5, 0.6) is 0 Å². The van der Waals surface area contributed by atoms with Crippen LogP contribution in [0.25, 0.3) is 0 Å². The first-order valence-electron chi connectivity index (χ1n) is 7.79. The first kappa shape index (κ1) is 15.3. The molecule has 2 aromatic rings. The van der Waals surface area contributed by atoms with Crippen LogP contribution in [0, 0.1) is 0 Å². The van der Waals surface area contributed by atoms with Gasteiger partial charge in [0.05, 0.1) is 6.61 Å². The van der Waals surface area contributed by atoms with Crippen molar-refractivity contribution in [3.8, 4) is 0 Å². The predicted molar refractivity (Wildman–Crippen MR) is 88.3 cm³/mol. The minimum atomic E-state index is -0.394. The molecule has 0 fully saturated rings. The lowest BCUT2D eigenvalue weighted by Crippen LogP contribution is -2.23. The minimum Gasteiger partial charge on any atom is -0.461 e. The second-order valence-electron chi connectivity index (χ2n) is 5.41. The molecule has 2 aromatic carbocycles. The number of nitrogens with zero attached hydrogens (tertiary/aromatic N) is 1. The number of rotatable bonds is 5. The molecule has 0 amide bonds. The molecule has 0 N–H and O–H groups in total. The molecule has 0 saturated heterocycles. The Morgan fingerprint density at radius 2 is 1.70 bits per heavy atom. The molecule has 1 aliphatic heterocycles. The Balaban J connectivity index is 1.85. The summed E-state index contributed by atoms with van der Waals surface area (Å²) in [5.41, 5.74) is 2.64. The molecule has 4 heteroatoms. The van der Waals surface area contributed by atoms with Crippen LogP contribution in [-0.4, -0.2) is 24.4 Å². The van der Waals surface area contributed by atoms with E-state index in [9.17, 15) is 4.79 Å². The molecule has 0 spiro atoms. The fraction of sp³-hybridized carbons (Fsp3) is 0.263. The number of benzene rings is 2. The van der Waals surface area contributed by atoms with Gasteiger partial charge >= 0.3 is 5.97 Å². The van der Waals surface area contributed by atoms with E-state index in [4.69, 9.17) is 9.57 Å². The maximum absolute atomic E-state index is 11.9. The van der Waals surface area contributed by atoms with Gasteiger partial charge in [-0.25, -0.2) is 4.79 Å². The van der Waals surface area contributed by atoms with Crippen LogP contribution < -0.4 is 0 Å². The Morgan fingerprint density at radius 3 is 2.22 bits per heavy atom. The summed E-state index contributed by atoms with van der Waals surface area (Å²) in [6, 6.07) is 20.3. The Hall–Kier alpha value is -2.62. The third kappa shape index (κ3) is 3.42. The molecule has 0 radical (unpaired) electrons. The van der Waals surface area contributed by atoms with Crippen LogP contribution in [-0.2, 0) is 14.4 Å². The largest absolute Gasteiger partial charge is 0.461 e. The van der Waals surface area contributed by atoms with Crippen molar-refractivity contribution in [3.63, 3.8) is 0 Å². The van der Waals surface area contributed by atoms with Crippen molar-refractivity contribution in [2.75, 3.05) is 6.61 Å². The number of oxime groups is 1. The van der Waals surface area contributed by atoms with Crippen LogP contribution in [0.1, 0.15) is 30.4 Å². The highest BCUT2D eigenvalue weighted by Crippen LogP contribution is 2.34. The van der Waals surface area contributed by atoms with Crippen LogP contribution in [0.3, 0.4) is 0 Å². The lowest BCUT2D eigenvalue weighted by molar-refractivity contribution is -0.135. The summed E-state index contributed by atoms with van der Waals surface area (Å²) in [6.07, 6.45) is 0.243. The fourth-order valence-electron chi connectivity index (χ4n) is 2.85. The predicted octanol–water partition coefficient (Wildman–Crippen LogP) is 3.53. The van der Waals surface area contributed by atoms with E-state index in [0.717, 1.165) is 11.1 Å². The second-order valence-corrected chi connectivity index (χ2v) is 5.41. The SMILES string of the molecule is CCOC(=O)C1=NOC(C(c2ccccc2)c2ccccc2)C1. The first-order valence-corrected chi connectivity index (χ1v) is 7.79. The molecular weight excluding hydrogens is 290 g/mol. The average molecular weight is 309 g/mol. The molecule has 1 unspecified atom stereocenters. The van der Waals surface area contributed by atoms with Crippen LogP contribution in [0.15, 0.2) is 65.8 Å². The van der Waals surface area contributed by atoms with Crippen LogP contribution >= 0.6 is 0 Å². The molecule has 3 rings (SSSR count). The summed E-state index contributed by atoms with van der Waals surface area (Å²) < 4.78 is 5.02. The lowest BCUT2D eigenvalue weighted by Gasteiger charge is -2.22. The van der Waals surface area contributed by atoms with Gasteiger partial charge in [-0.15, -0.1) is 0 Å². The van der Waals surface area contributed by atoms with E-state index in [2.05, 4.69) is 29.4 Å². The van der Waals surface area contributed by atoms with E-state index in [-0.39, 0.29) is 12.0 Å². The maximum atomic E-state index is 11.9. The number of hydrogen-bond donors (Lipinski definition) is 0. The van der Waals surface area contributed by atoms with E-state index >= 15 is 0 Å². The van der Waals surface area contributed by atoms with Crippen LogP contribution in [0.2, 0.25) is 0 Å². The van der Waals surface area contributed by atoms with Gasteiger partial charge < -0.3 is 9.57 Å². The smallest absolute Gasteiger partial charge is 0.356 e. The topological polar surface area (TPSA) is 47.9 Å². The molecule has 0 aliphatic carbocycles. The number of ether oxygens (including phenoxy) is 1. The van der Waals surface area contributed by atoms with E-state index in [0.29, 0.717) is 18.7 Å². The van der Waals surface area contributed by atoms with Crippen LogP contribution in [0.4, 0.5) is 0 Å². The highest BCUT2D eigenvalue weighted by Gasteiger charge is 2.34. The monoisotopic (exact) mass is 309 g/mol. The number of carbonyl (C=O) groups excluding carboxylic acids is 1. The molecule has 4 nitrogen and oxygen atoms in total. The van der Waals surface area contributed by atoms with Gasteiger partial charge in [-0.3, -0.25) is 0 Å². The highest BCUT2D eigenvalue weighted by atomic mass is 16.6. The van der Waals surface area contributed by atoms with Crippen molar-refractivity contribution in [1.82, 2.24) is 0 Å². The van der Waals surface area contributed by atoms with Gasteiger partial charge in [-0.2, -0.15) is 0 Å². The van der Waals surface area contributed by atoms with Crippen molar-refractivity contribution in [1.29, 1.82) is 0 Å². The summed E-state index contributed by atoms with van der Waals surface area (Å²) in [4.78, 5) is 17.4. The van der Waals surface area contributed by atoms with Crippen molar-refractivity contribution < 1.29 is 14.4 Å². The first-order chi connectivity index (χ1) is 11.3. The summed E-state index contributed by atoms with van der Waals surface area (Å²) in [5, 5.41) is 3.95. The van der Waals surface area contributed by atoms with Crippen molar-refractivity contribution in [3.05, 3.63) is 71.8 Å². The third-order valence-electron chi connectivity index (χ3n) is 3.89. The number of hydrogen-bond acceptors (Lipinski definition) is 4. The van der Waals surface area contributed by atoms with Gasteiger partial charge in [0.2, 0.25) is 0 Å². The van der Waals surface area contributed by atoms with Crippen molar-refractivity contribution in [2.24, 2.45) is 5.16 Å². The maximum Gasteiger partial charge on any atom is 0.356 e. The van der Waals surface area contributed by atoms with Crippen molar-refractivity contribution >= 4 is 11.7 Å². The van der Waals surface area contributed by atoms with Crippen molar-refractivity contribution in [2.45, 2.75) is 25.4 Å². The standard InChI is InChI=1S/C19H19NO3/c1-2-22-19(21)16-13-17(23-20-16)18(14-9-5-3-6-10-14)15-11-7-4-8-12-15/h3-12,17-18H,2,13H2,1H3. The molecule has 1 heterocycles. The summed E-state index contributed by atoms with van der Waals surface area (Å²) in [5.74, 6) is -0.372. The highest BCUT2D eigenvalue weighted by molar-refractivity contribution is 6.36. The van der Waals surface area contributed by atoms with E-state index in [1.807, 2.05) is 36.4 Å². The number of esters is 1. The molecule has 23 heavy (non-hydrogen) atoms. The zero-order valence-corrected chi connectivity index (χ0v) is 13.0. The second kappa shape index (κ2) is 7.09. The van der Waals surface area contributed by atoms with Gasteiger partial charge in [-0.05, 0) is 18.1 Å². The van der Waals surface area contributed by atoms with E-state index < -0.39 is 5.97 Å². The Kier molecular flexibility index (Phi) is 4.71.